The van der Waals surface area contributed by atoms with E-state index in [1.807, 2.05) is 30.3 Å². The number of carbonyl (C=O) groups is 1. The maximum Gasteiger partial charge on any atom is 0.255 e. The molecule has 1 amide bonds. The summed E-state index contributed by atoms with van der Waals surface area (Å²) in [4.78, 5) is 22.7. The first-order valence-corrected chi connectivity index (χ1v) is 10.8. The molecule has 4 rings (SSSR count). The molecule has 5 heteroatoms. The minimum atomic E-state index is -0.00243. The summed E-state index contributed by atoms with van der Waals surface area (Å²) in [5.74, 6) is 1.66. The van der Waals surface area contributed by atoms with Gasteiger partial charge in [0.2, 0.25) is 0 Å². The Morgan fingerprint density at radius 1 is 1.18 bits per heavy atom. The Hall–Kier alpha value is -2.14. The lowest BCUT2D eigenvalue weighted by Crippen LogP contribution is -2.45. The molecule has 1 atom stereocenters. The molecule has 2 saturated heterocycles. The number of carbonyl (C=O) groups excluding carboxylic acids is 1. The average molecular weight is 381 g/mol. The zero-order valence-electron chi connectivity index (χ0n) is 17.2. The normalized spacial score (nSPS) is 19.9. The molecule has 0 radical (unpaired) electrons. The molecule has 1 N–H and O–H groups in total. The van der Waals surface area contributed by atoms with Crippen LogP contribution in [-0.2, 0) is 0 Å². The summed E-state index contributed by atoms with van der Waals surface area (Å²) >= 11 is 0. The van der Waals surface area contributed by atoms with E-state index in [1.54, 1.807) is 0 Å². The second kappa shape index (κ2) is 8.48. The van der Waals surface area contributed by atoms with Crippen LogP contribution in [0.1, 0.15) is 49.9 Å². The van der Waals surface area contributed by atoms with Gasteiger partial charge in [-0.05, 0) is 63.7 Å². The molecule has 2 aliphatic rings. The van der Waals surface area contributed by atoms with Crippen LogP contribution >= 0.6 is 0 Å². The first kappa shape index (κ1) is 19.2. The van der Waals surface area contributed by atoms with E-state index in [2.05, 4.69) is 29.0 Å². The van der Waals surface area contributed by atoms with Crippen LogP contribution in [0.25, 0.3) is 10.9 Å². The maximum absolute atomic E-state index is 13.1. The van der Waals surface area contributed by atoms with Gasteiger partial charge in [-0.2, -0.15) is 0 Å². The number of nitrogens with one attached hydrogen (secondary N) is 1. The van der Waals surface area contributed by atoms with Gasteiger partial charge in [0.25, 0.3) is 5.91 Å². The third kappa shape index (κ3) is 4.14. The maximum atomic E-state index is 13.1. The molecule has 0 bridgehead atoms. The van der Waals surface area contributed by atoms with E-state index < -0.39 is 0 Å². The number of rotatable bonds is 5. The molecule has 2 aromatic rings. The number of hydrogen-bond donors (Lipinski definition) is 1. The van der Waals surface area contributed by atoms with Crippen molar-refractivity contribution < 1.29 is 4.79 Å². The van der Waals surface area contributed by atoms with Crippen molar-refractivity contribution in [2.45, 2.75) is 45.6 Å². The van der Waals surface area contributed by atoms with Crippen molar-refractivity contribution in [1.82, 2.24) is 15.2 Å². The third-order valence-electron chi connectivity index (χ3n) is 6.35. The van der Waals surface area contributed by atoms with E-state index in [9.17, 15) is 4.79 Å². The van der Waals surface area contributed by atoms with Crippen molar-refractivity contribution in [2.75, 3.05) is 37.6 Å². The molecule has 1 aromatic heterocycles. The van der Waals surface area contributed by atoms with Crippen LogP contribution in [-0.4, -0.2) is 54.6 Å². The van der Waals surface area contributed by atoms with Crippen LogP contribution in [0.2, 0.25) is 0 Å². The van der Waals surface area contributed by atoms with Crippen LogP contribution < -0.4 is 10.2 Å². The summed E-state index contributed by atoms with van der Waals surface area (Å²) in [5.41, 5.74) is 1.66. The quantitative estimate of drug-likeness (QED) is 0.860. The predicted molar refractivity (Wildman–Crippen MR) is 115 cm³/mol. The molecule has 0 aliphatic carbocycles. The number of para-hydroxylation sites is 1. The predicted octanol–water partition coefficient (Wildman–Crippen LogP) is 3.69. The van der Waals surface area contributed by atoms with Gasteiger partial charge in [-0.3, -0.25) is 9.69 Å². The zero-order valence-corrected chi connectivity index (χ0v) is 17.2. The second-order valence-corrected chi connectivity index (χ2v) is 8.52. The molecule has 150 valence electrons. The Morgan fingerprint density at radius 3 is 2.64 bits per heavy atom. The van der Waals surface area contributed by atoms with Gasteiger partial charge in [-0.15, -0.1) is 0 Å². The Labute approximate surface area is 168 Å². The highest BCUT2D eigenvalue weighted by Crippen LogP contribution is 2.26. The van der Waals surface area contributed by atoms with Crippen molar-refractivity contribution in [1.29, 1.82) is 0 Å². The van der Waals surface area contributed by atoms with Crippen molar-refractivity contribution in [3.05, 3.63) is 35.9 Å². The van der Waals surface area contributed by atoms with Crippen LogP contribution in [0.4, 0.5) is 5.82 Å². The fourth-order valence-electron chi connectivity index (χ4n) is 4.38. The number of pyridine rings is 1. The lowest BCUT2D eigenvalue weighted by atomic mass is 9.98. The van der Waals surface area contributed by atoms with Crippen LogP contribution in [0, 0.1) is 5.92 Å². The Bertz CT molecular complexity index is 822. The van der Waals surface area contributed by atoms with Gasteiger partial charge in [0.1, 0.15) is 5.82 Å². The SMILES string of the molecule is CC1CCN(C(C)CNC(=O)c2cc3ccccc3nc2N2CCCC2)CC1. The summed E-state index contributed by atoms with van der Waals surface area (Å²) in [6, 6.07) is 10.4. The van der Waals surface area contributed by atoms with Gasteiger partial charge in [-0.25, -0.2) is 4.98 Å². The number of hydrogen-bond acceptors (Lipinski definition) is 4. The van der Waals surface area contributed by atoms with Crippen LogP contribution in [0.5, 0.6) is 0 Å². The van der Waals surface area contributed by atoms with E-state index in [0.717, 1.165) is 48.8 Å². The summed E-state index contributed by atoms with van der Waals surface area (Å²) in [7, 11) is 0. The highest BCUT2D eigenvalue weighted by atomic mass is 16.1. The molecule has 2 aliphatic heterocycles. The standard InChI is InChI=1S/C23H32N4O/c1-17-9-13-26(14-10-17)18(2)16-24-23(28)20-15-19-7-3-4-8-21(19)25-22(20)27-11-5-6-12-27/h3-4,7-8,15,17-18H,5-6,9-14,16H2,1-2H3,(H,24,28). The number of amides is 1. The molecular weight excluding hydrogens is 348 g/mol. The highest BCUT2D eigenvalue weighted by molar-refractivity contribution is 6.02. The Kier molecular flexibility index (Phi) is 5.81. The van der Waals surface area contributed by atoms with E-state index >= 15 is 0 Å². The second-order valence-electron chi connectivity index (χ2n) is 8.52. The number of aromatic nitrogens is 1. The molecular formula is C23H32N4O. The van der Waals surface area contributed by atoms with Crippen molar-refractivity contribution in [3.8, 4) is 0 Å². The van der Waals surface area contributed by atoms with E-state index in [0.29, 0.717) is 18.2 Å². The Morgan fingerprint density at radius 2 is 1.89 bits per heavy atom. The summed E-state index contributed by atoms with van der Waals surface area (Å²) in [6.45, 7) is 9.46. The van der Waals surface area contributed by atoms with Crippen molar-refractivity contribution in [2.24, 2.45) is 5.92 Å². The number of nitrogens with zero attached hydrogens (tertiary/aromatic N) is 3. The number of anilines is 1. The number of piperidine rings is 1. The van der Waals surface area contributed by atoms with Gasteiger partial charge < -0.3 is 10.2 Å². The largest absolute Gasteiger partial charge is 0.356 e. The lowest BCUT2D eigenvalue weighted by Gasteiger charge is -2.35. The molecule has 1 aromatic carbocycles. The van der Waals surface area contributed by atoms with Gasteiger partial charge in [0.15, 0.2) is 0 Å². The zero-order chi connectivity index (χ0) is 19.5. The van der Waals surface area contributed by atoms with Gasteiger partial charge in [0.05, 0.1) is 11.1 Å². The molecule has 5 nitrogen and oxygen atoms in total. The van der Waals surface area contributed by atoms with E-state index in [4.69, 9.17) is 4.98 Å². The Balaban J connectivity index is 1.50. The minimum Gasteiger partial charge on any atom is -0.356 e. The van der Waals surface area contributed by atoms with Crippen molar-refractivity contribution >= 4 is 22.6 Å². The fourth-order valence-corrected chi connectivity index (χ4v) is 4.38. The summed E-state index contributed by atoms with van der Waals surface area (Å²) < 4.78 is 0. The van der Waals surface area contributed by atoms with E-state index in [1.165, 1.54) is 25.7 Å². The number of benzene rings is 1. The topological polar surface area (TPSA) is 48.5 Å². The van der Waals surface area contributed by atoms with Crippen molar-refractivity contribution in [3.63, 3.8) is 0 Å². The monoisotopic (exact) mass is 380 g/mol. The first-order chi connectivity index (χ1) is 13.6. The molecule has 1 unspecified atom stereocenters. The molecule has 2 fully saturated rings. The van der Waals surface area contributed by atoms with Crippen LogP contribution in [0.3, 0.4) is 0 Å². The fraction of sp³-hybridized carbons (Fsp3) is 0.565. The highest BCUT2D eigenvalue weighted by Gasteiger charge is 2.24. The van der Waals surface area contributed by atoms with Gasteiger partial charge >= 0.3 is 0 Å². The lowest BCUT2D eigenvalue weighted by molar-refractivity contribution is 0.0922. The van der Waals surface area contributed by atoms with Gasteiger partial charge in [-0.1, -0.05) is 25.1 Å². The third-order valence-corrected chi connectivity index (χ3v) is 6.35. The first-order valence-electron chi connectivity index (χ1n) is 10.8. The number of likely N-dealkylation sites (tertiary alicyclic amines) is 1. The van der Waals surface area contributed by atoms with E-state index in [-0.39, 0.29) is 5.91 Å². The smallest absolute Gasteiger partial charge is 0.255 e. The summed E-state index contributed by atoms with van der Waals surface area (Å²) in [6.07, 6.45) is 4.85. The molecule has 3 heterocycles. The van der Waals surface area contributed by atoms with Gasteiger partial charge in [0, 0.05) is 31.1 Å². The molecule has 28 heavy (non-hydrogen) atoms. The average Bonchev–Trinajstić information content (AvgIpc) is 3.26. The molecule has 0 spiro atoms. The number of fused-ring (bicyclic) bond motifs is 1. The minimum absolute atomic E-state index is 0.00243. The molecule has 0 saturated carbocycles. The summed E-state index contributed by atoms with van der Waals surface area (Å²) in [5, 5.41) is 4.21. The van der Waals surface area contributed by atoms with Crippen LogP contribution in [0.15, 0.2) is 30.3 Å².